The van der Waals surface area contributed by atoms with Gasteiger partial charge in [-0.25, -0.2) is 0 Å². The first-order chi connectivity index (χ1) is 9.18. The van der Waals surface area contributed by atoms with E-state index in [9.17, 15) is 4.79 Å². The number of fused-ring (bicyclic) bond motifs is 1. The van der Waals surface area contributed by atoms with Crippen molar-refractivity contribution in [3.63, 3.8) is 0 Å². The van der Waals surface area contributed by atoms with Crippen LogP contribution in [0.4, 0.5) is 0 Å². The number of hydrogen-bond acceptors (Lipinski definition) is 3. The van der Waals surface area contributed by atoms with Gasteiger partial charge in [0.25, 0.3) is 0 Å². The van der Waals surface area contributed by atoms with E-state index in [0.717, 1.165) is 32.6 Å². The minimum absolute atomic E-state index is 0.0725. The second-order valence-electron chi connectivity index (χ2n) is 4.52. The topological polar surface area (TPSA) is 30.0 Å². The summed E-state index contributed by atoms with van der Waals surface area (Å²) < 4.78 is 0. The highest BCUT2D eigenvalue weighted by atomic mass is 32.1. The number of aryl methyl sites for hydroxylation is 2. The smallest absolute Gasteiger partial charge is 0.205 e. The molecule has 94 valence electrons. The van der Waals surface area contributed by atoms with Gasteiger partial charge in [-0.1, -0.05) is 24.3 Å². The van der Waals surface area contributed by atoms with Crippen molar-refractivity contribution in [3.8, 4) is 0 Å². The predicted octanol–water partition coefficient (Wildman–Crippen LogP) is 4.14. The molecule has 1 aromatic carbocycles. The molecular weight excluding hydrogens is 254 g/mol. The fourth-order valence-electron chi connectivity index (χ4n) is 2.40. The Kier molecular flexibility index (Phi) is 2.91. The molecule has 0 bridgehead atoms. The lowest BCUT2D eigenvalue weighted by Gasteiger charge is -2.10. The minimum atomic E-state index is 0.0725. The van der Waals surface area contributed by atoms with Gasteiger partial charge in [-0.15, -0.1) is 11.3 Å². The van der Waals surface area contributed by atoms with Gasteiger partial charge in [-0.2, -0.15) is 0 Å². The minimum Gasteiger partial charge on any atom is -0.288 e. The summed E-state index contributed by atoms with van der Waals surface area (Å²) in [5.41, 5.74) is 3.50. The zero-order chi connectivity index (χ0) is 13.4. The average Bonchev–Trinajstić information content (AvgIpc) is 2.92. The molecule has 0 atom stereocenters. The van der Waals surface area contributed by atoms with Crippen LogP contribution in [0.25, 0.3) is 10.9 Å². The number of benzene rings is 1. The molecule has 3 aromatic rings. The van der Waals surface area contributed by atoms with Crippen molar-refractivity contribution in [2.24, 2.45) is 0 Å². The molecule has 0 unspecified atom stereocenters. The van der Waals surface area contributed by atoms with E-state index in [1.165, 1.54) is 11.3 Å². The van der Waals surface area contributed by atoms with Crippen molar-refractivity contribution < 1.29 is 4.79 Å². The third-order valence-electron chi connectivity index (χ3n) is 3.31. The highest BCUT2D eigenvalue weighted by Crippen LogP contribution is 2.25. The molecule has 0 radical (unpaired) electrons. The van der Waals surface area contributed by atoms with Gasteiger partial charge in [-0.3, -0.25) is 9.78 Å². The molecule has 19 heavy (non-hydrogen) atoms. The van der Waals surface area contributed by atoms with Crippen LogP contribution >= 0.6 is 11.3 Å². The Morgan fingerprint density at radius 1 is 1.11 bits per heavy atom. The molecule has 0 aliphatic carbocycles. The van der Waals surface area contributed by atoms with E-state index in [1.807, 2.05) is 55.6 Å². The molecule has 0 saturated heterocycles. The van der Waals surface area contributed by atoms with Crippen LogP contribution in [0.2, 0.25) is 0 Å². The van der Waals surface area contributed by atoms with Gasteiger partial charge in [0, 0.05) is 16.6 Å². The highest BCUT2D eigenvalue weighted by molar-refractivity contribution is 7.12. The van der Waals surface area contributed by atoms with Gasteiger partial charge in [0.05, 0.1) is 10.4 Å². The monoisotopic (exact) mass is 267 g/mol. The van der Waals surface area contributed by atoms with Crippen molar-refractivity contribution in [1.29, 1.82) is 0 Å². The standard InChI is InChI=1S/C16H13NOS/c1-10-12-6-3-4-7-13(12)17-11(2)15(10)16(18)14-8-5-9-19-14/h3-9H,1-2H3. The molecule has 0 aliphatic heterocycles. The number of carbonyl (C=O) groups excluding carboxylic acids is 1. The van der Waals surface area contributed by atoms with E-state index in [1.54, 1.807) is 0 Å². The van der Waals surface area contributed by atoms with Crippen molar-refractivity contribution >= 4 is 28.0 Å². The fraction of sp³-hybridized carbons (Fsp3) is 0.125. The largest absolute Gasteiger partial charge is 0.288 e. The maximum atomic E-state index is 12.6. The first kappa shape index (κ1) is 12.1. The van der Waals surface area contributed by atoms with E-state index in [0.29, 0.717) is 0 Å². The molecule has 0 fully saturated rings. The van der Waals surface area contributed by atoms with Gasteiger partial charge in [-0.05, 0) is 36.9 Å². The Morgan fingerprint density at radius 3 is 2.63 bits per heavy atom. The summed E-state index contributed by atoms with van der Waals surface area (Å²) in [6, 6.07) is 11.7. The number of carbonyl (C=O) groups is 1. The summed E-state index contributed by atoms with van der Waals surface area (Å²) in [7, 11) is 0. The van der Waals surface area contributed by atoms with E-state index in [4.69, 9.17) is 0 Å². The predicted molar refractivity (Wildman–Crippen MR) is 79.0 cm³/mol. The highest BCUT2D eigenvalue weighted by Gasteiger charge is 2.18. The maximum absolute atomic E-state index is 12.6. The number of para-hydroxylation sites is 1. The van der Waals surface area contributed by atoms with Crippen LogP contribution in [0.1, 0.15) is 26.5 Å². The van der Waals surface area contributed by atoms with Crippen molar-refractivity contribution in [3.05, 3.63) is 63.5 Å². The lowest BCUT2D eigenvalue weighted by atomic mass is 9.98. The number of pyridine rings is 1. The third-order valence-corrected chi connectivity index (χ3v) is 4.17. The molecule has 0 aliphatic rings. The normalized spacial score (nSPS) is 10.8. The number of rotatable bonds is 2. The lowest BCUT2D eigenvalue weighted by molar-refractivity contribution is 0.104. The van der Waals surface area contributed by atoms with Gasteiger partial charge in [0.1, 0.15) is 0 Å². The molecule has 3 rings (SSSR count). The first-order valence-electron chi connectivity index (χ1n) is 6.12. The van der Waals surface area contributed by atoms with Crippen LogP contribution in [0, 0.1) is 13.8 Å². The summed E-state index contributed by atoms with van der Waals surface area (Å²) in [6.07, 6.45) is 0. The van der Waals surface area contributed by atoms with Crippen molar-refractivity contribution in [2.75, 3.05) is 0 Å². The van der Waals surface area contributed by atoms with Crippen LogP contribution in [0.3, 0.4) is 0 Å². The van der Waals surface area contributed by atoms with Crippen LogP contribution in [-0.4, -0.2) is 10.8 Å². The van der Waals surface area contributed by atoms with E-state index >= 15 is 0 Å². The zero-order valence-electron chi connectivity index (χ0n) is 10.8. The maximum Gasteiger partial charge on any atom is 0.205 e. The van der Waals surface area contributed by atoms with E-state index in [2.05, 4.69) is 4.98 Å². The third kappa shape index (κ3) is 1.96. The Labute approximate surface area is 115 Å². The quantitative estimate of drug-likeness (QED) is 0.653. The van der Waals surface area contributed by atoms with Gasteiger partial charge >= 0.3 is 0 Å². The molecule has 2 heterocycles. The molecular formula is C16H13NOS. The molecule has 0 spiro atoms. The first-order valence-corrected chi connectivity index (χ1v) is 7.00. The van der Waals surface area contributed by atoms with Crippen molar-refractivity contribution in [2.45, 2.75) is 13.8 Å². The second kappa shape index (κ2) is 4.59. The Morgan fingerprint density at radius 2 is 1.89 bits per heavy atom. The number of thiophene rings is 1. The summed E-state index contributed by atoms with van der Waals surface area (Å²) in [5, 5.41) is 2.97. The van der Waals surface area contributed by atoms with Gasteiger partial charge in [0.2, 0.25) is 5.78 Å². The van der Waals surface area contributed by atoms with E-state index < -0.39 is 0 Å². The zero-order valence-corrected chi connectivity index (χ0v) is 11.6. The summed E-state index contributed by atoms with van der Waals surface area (Å²) in [6.45, 7) is 3.90. The van der Waals surface area contributed by atoms with Crippen molar-refractivity contribution in [1.82, 2.24) is 4.98 Å². The number of aromatic nitrogens is 1. The summed E-state index contributed by atoms with van der Waals surface area (Å²) in [5.74, 6) is 0.0725. The summed E-state index contributed by atoms with van der Waals surface area (Å²) >= 11 is 1.47. The number of nitrogens with zero attached hydrogens (tertiary/aromatic N) is 1. The molecule has 3 heteroatoms. The molecule has 0 N–H and O–H groups in total. The average molecular weight is 267 g/mol. The van der Waals surface area contributed by atoms with Gasteiger partial charge < -0.3 is 0 Å². The van der Waals surface area contributed by atoms with Crippen LogP contribution in [0.5, 0.6) is 0 Å². The van der Waals surface area contributed by atoms with Crippen LogP contribution in [0.15, 0.2) is 41.8 Å². The molecule has 2 nitrogen and oxygen atoms in total. The Hall–Kier alpha value is -2.00. The number of ketones is 1. The lowest BCUT2D eigenvalue weighted by Crippen LogP contribution is -2.07. The van der Waals surface area contributed by atoms with Crippen LogP contribution < -0.4 is 0 Å². The van der Waals surface area contributed by atoms with Gasteiger partial charge in [0.15, 0.2) is 0 Å². The second-order valence-corrected chi connectivity index (χ2v) is 5.47. The molecule has 2 aromatic heterocycles. The molecule has 0 saturated carbocycles. The Bertz CT molecular complexity index is 760. The molecule has 0 amide bonds. The Balaban J connectivity index is 2.27. The van der Waals surface area contributed by atoms with E-state index in [-0.39, 0.29) is 5.78 Å². The fourth-order valence-corrected chi connectivity index (χ4v) is 3.07. The SMILES string of the molecule is Cc1nc2ccccc2c(C)c1C(=O)c1cccs1. The van der Waals surface area contributed by atoms with Crippen LogP contribution in [-0.2, 0) is 0 Å². The summed E-state index contributed by atoms with van der Waals surface area (Å²) in [4.78, 5) is 17.9. The number of hydrogen-bond donors (Lipinski definition) is 0.